The van der Waals surface area contributed by atoms with Crippen LogP contribution >= 0.6 is 0 Å². The van der Waals surface area contributed by atoms with E-state index in [0.717, 1.165) is 0 Å². The van der Waals surface area contributed by atoms with Gasteiger partial charge in [0.15, 0.2) is 0 Å². The molecule has 0 aromatic heterocycles. The molecule has 0 heterocycles. The molecule has 0 aromatic carbocycles. The Bertz CT molecular complexity index is 27.2. The molecule has 4 nitrogen and oxygen atoms in total. The Morgan fingerprint density at radius 1 is 1.14 bits per heavy atom. The van der Waals surface area contributed by atoms with Crippen molar-refractivity contribution in [1.29, 1.82) is 0 Å². The van der Waals surface area contributed by atoms with E-state index >= 15 is 0 Å². The molecule has 0 saturated carbocycles. The van der Waals surface area contributed by atoms with Gasteiger partial charge in [-0.3, -0.25) is 0 Å². The molecule has 0 aliphatic carbocycles. The monoisotopic (exact) mass is 240 g/mol. The molecule has 0 saturated heterocycles. The van der Waals surface area contributed by atoms with Crippen molar-refractivity contribution in [2.75, 3.05) is 0 Å². The molecule has 7 heteroatoms. The van der Waals surface area contributed by atoms with Crippen molar-refractivity contribution >= 4 is 9.05 Å². The van der Waals surface area contributed by atoms with Gasteiger partial charge in [0, 0.05) is 0 Å². The van der Waals surface area contributed by atoms with Crippen molar-refractivity contribution in [2.45, 2.75) is 0 Å². The van der Waals surface area contributed by atoms with Gasteiger partial charge in [-0.2, -0.15) is 0 Å². The zero-order chi connectivity index (χ0) is 4.50. The van der Waals surface area contributed by atoms with Crippen LogP contribution in [-0.2, 0) is 22.4 Å². The molecule has 0 amide bonds. The van der Waals surface area contributed by atoms with Crippen LogP contribution in [0.15, 0.2) is 0 Å². The third kappa shape index (κ3) is 58.9. The van der Waals surface area contributed by atoms with Crippen LogP contribution < -0.4 is 61.0 Å². The molecule has 0 unspecified atom stereocenters. The topological polar surface area (TPSA) is 86.6 Å². The van der Waals surface area contributed by atoms with Crippen LogP contribution in [-0.4, -0.2) is 18.6 Å². The van der Waals surface area contributed by atoms with Gasteiger partial charge >= 0.3 is 73.8 Å². The van der Waals surface area contributed by atoms with Gasteiger partial charge in [-0.25, -0.2) is 0 Å². The first kappa shape index (κ1) is 16.2. The maximum Gasteiger partial charge on any atom is 1.00 e. The fraction of sp³-hybridized carbons (Fsp3) is 0. The van der Waals surface area contributed by atoms with E-state index in [2.05, 4.69) is 0 Å². The van der Waals surface area contributed by atoms with E-state index in [9.17, 15) is 0 Å². The van der Waals surface area contributed by atoms with Gasteiger partial charge in [0.25, 0.3) is 0 Å². The van der Waals surface area contributed by atoms with Gasteiger partial charge in [-0.05, 0) is 0 Å². The Hall–Kier alpha value is 2.43. The van der Waals surface area contributed by atoms with Crippen LogP contribution in [0.25, 0.3) is 0 Å². The predicted octanol–water partition coefficient (Wildman–Crippen LogP) is -6.87. The predicted molar refractivity (Wildman–Crippen MR) is 10.2 cm³/mol. The van der Waals surface area contributed by atoms with Crippen molar-refractivity contribution in [1.82, 2.24) is 0 Å². The van der Waals surface area contributed by atoms with E-state index in [0.29, 0.717) is 0 Å². The fourth-order valence-corrected chi connectivity index (χ4v) is 0. The van der Waals surface area contributed by atoms with Crippen molar-refractivity contribution in [3.8, 4) is 0 Å². The van der Waals surface area contributed by atoms with Crippen molar-refractivity contribution in [3.05, 3.63) is 0 Å². The molecule has 0 radical (unpaired) electrons. The molecule has 0 spiro atoms. The van der Waals surface area contributed by atoms with Crippen molar-refractivity contribution in [3.63, 3.8) is 0 Å². The summed E-state index contributed by atoms with van der Waals surface area (Å²) in [6.07, 6.45) is 0. The third-order valence-electron chi connectivity index (χ3n) is 0. The van der Waals surface area contributed by atoms with Gasteiger partial charge in [0.2, 0.25) is 0 Å². The van der Waals surface area contributed by atoms with Crippen LogP contribution in [0, 0.1) is 0 Å². The molecule has 0 bridgehead atoms. The molecular weight excluding hydrogens is 239 g/mol. The zero-order valence-electron chi connectivity index (χ0n) is 3.51. The molecule has 0 aliphatic rings. The minimum atomic E-state index is -5.11. The van der Waals surface area contributed by atoms with E-state index in [4.69, 9.17) is 19.2 Å². The first-order valence-corrected chi connectivity index (χ1v) is 2.57. The van der Waals surface area contributed by atoms with E-state index in [1.807, 2.05) is 0 Å². The largest absolute Gasteiger partial charge is 1.00 e. The minimum absolute atomic E-state index is 0. The average Bonchev–Trinajstić information content (AvgIpc) is 0.722. The SMILES string of the molecule is [Ag+].[K+].[O-][Si]([O-])(O)O. The second kappa shape index (κ2) is 6.55. The summed E-state index contributed by atoms with van der Waals surface area (Å²) in [5.41, 5.74) is 0. The Labute approximate surface area is 100.0 Å². The molecule has 0 atom stereocenters. The molecule has 42 valence electrons. The standard InChI is InChI=1S/Ag.K.H2O4Si/c;;1-5(2,3)4/h;;1-2H/q2*+1;-2. The number of hydrogen-bond acceptors (Lipinski definition) is 4. The number of rotatable bonds is 0. The molecule has 2 N–H and O–H groups in total. The Balaban J connectivity index is -0.0000000800. The second-order valence-corrected chi connectivity index (χ2v) is 1.65. The van der Waals surface area contributed by atoms with E-state index in [1.54, 1.807) is 0 Å². The quantitative estimate of drug-likeness (QED) is 0.413. The smallest absolute Gasteiger partial charge is 0.828 e. The van der Waals surface area contributed by atoms with E-state index in [1.165, 1.54) is 0 Å². The summed E-state index contributed by atoms with van der Waals surface area (Å²) < 4.78 is 0. The Kier molecular flexibility index (Phi) is 15.2. The summed E-state index contributed by atoms with van der Waals surface area (Å²) in [5, 5.41) is 0. The molecule has 0 fully saturated rings. The van der Waals surface area contributed by atoms with Gasteiger partial charge in [-0.1, -0.05) is 0 Å². The molecule has 0 aliphatic heterocycles. The fourth-order valence-electron chi connectivity index (χ4n) is 0. The van der Waals surface area contributed by atoms with E-state index in [-0.39, 0.29) is 73.8 Å². The van der Waals surface area contributed by atoms with Crippen LogP contribution in [0.2, 0.25) is 0 Å². The molecule has 0 rings (SSSR count). The maximum atomic E-state index is 8.80. The van der Waals surface area contributed by atoms with E-state index < -0.39 is 9.05 Å². The van der Waals surface area contributed by atoms with Crippen LogP contribution in [0.4, 0.5) is 0 Å². The van der Waals surface area contributed by atoms with Crippen LogP contribution in [0.3, 0.4) is 0 Å². The summed E-state index contributed by atoms with van der Waals surface area (Å²) in [4.78, 5) is 31.8. The summed E-state index contributed by atoms with van der Waals surface area (Å²) in [5.74, 6) is 0. The summed E-state index contributed by atoms with van der Waals surface area (Å²) in [7, 11) is -5.11. The normalized spacial score (nSPS) is 8.57. The molecule has 0 aromatic rings. The van der Waals surface area contributed by atoms with Crippen molar-refractivity contribution in [2.24, 2.45) is 0 Å². The minimum Gasteiger partial charge on any atom is -0.828 e. The van der Waals surface area contributed by atoms with Crippen molar-refractivity contribution < 1.29 is 92.9 Å². The first-order chi connectivity index (χ1) is 2.00. The third-order valence-corrected chi connectivity index (χ3v) is 0. The first-order valence-electron chi connectivity index (χ1n) is 0.855. The van der Waals surface area contributed by atoms with Crippen LogP contribution in [0.5, 0.6) is 0 Å². The second-order valence-electron chi connectivity index (χ2n) is 0.548. The Morgan fingerprint density at radius 3 is 1.14 bits per heavy atom. The van der Waals surface area contributed by atoms with Crippen LogP contribution in [0.1, 0.15) is 0 Å². The Morgan fingerprint density at radius 2 is 1.14 bits per heavy atom. The summed E-state index contributed by atoms with van der Waals surface area (Å²) in [6.45, 7) is 0. The van der Waals surface area contributed by atoms with Gasteiger partial charge in [0.1, 0.15) is 9.05 Å². The summed E-state index contributed by atoms with van der Waals surface area (Å²) >= 11 is 0. The van der Waals surface area contributed by atoms with Gasteiger partial charge in [-0.15, -0.1) is 0 Å². The molecule has 7 heavy (non-hydrogen) atoms. The summed E-state index contributed by atoms with van der Waals surface area (Å²) in [6, 6.07) is 0. The average molecular weight is 241 g/mol. The maximum absolute atomic E-state index is 8.80. The molecular formula is H2AgKO4Si. The zero-order valence-corrected chi connectivity index (χ0v) is 9.12. The van der Waals surface area contributed by atoms with Gasteiger partial charge < -0.3 is 19.2 Å². The number of hydrogen-bond donors (Lipinski definition) is 2. The van der Waals surface area contributed by atoms with Gasteiger partial charge in [0.05, 0.1) is 0 Å².